The molecule has 1 aliphatic rings. The molecule has 0 aliphatic carbocycles. The normalized spacial score (nSPS) is 16.1. The second-order valence-corrected chi connectivity index (χ2v) is 6.79. The van der Waals surface area contributed by atoms with Crippen molar-refractivity contribution in [2.45, 2.75) is 12.5 Å². The molecule has 1 unspecified atom stereocenters. The molecule has 3 heterocycles. The molecule has 1 atom stereocenters. The van der Waals surface area contributed by atoms with E-state index < -0.39 is 0 Å². The van der Waals surface area contributed by atoms with Gasteiger partial charge in [0, 0.05) is 57.9 Å². The fraction of sp³-hybridized carbons (Fsp3) is 0.368. The largest absolute Gasteiger partial charge is 0.355 e. The molecule has 3 rings (SSSR count). The summed E-state index contributed by atoms with van der Waals surface area (Å²) < 4.78 is 0. The number of anilines is 1. The zero-order chi connectivity index (χ0) is 19.8. The first-order valence-electron chi connectivity index (χ1n) is 9.18. The zero-order valence-electron chi connectivity index (χ0n) is 16.1. The summed E-state index contributed by atoms with van der Waals surface area (Å²) in [6.07, 6.45) is 5.90. The molecule has 2 aromatic heterocycles. The van der Waals surface area contributed by atoms with Gasteiger partial charge in [0.25, 0.3) is 5.91 Å². The average Bonchev–Trinajstić information content (AvgIpc) is 3.19. The number of aliphatic imine (C=N–C) groups is 1. The van der Waals surface area contributed by atoms with Crippen LogP contribution in [0, 0.1) is 0 Å². The second kappa shape index (κ2) is 11.8. The van der Waals surface area contributed by atoms with Crippen molar-refractivity contribution in [2.24, 2.45) is 4.99 Å². The fourth-order valence-corrected chi connectivity index (χ4v) is 3.27. The SMILES string of the molecule is CN=C(NCCNC(=O)c1cccnc1)NC1CCN(c2ncccc2Cl)C1.I. The summed E-state index contributed by atoms with van der Waals surface area (Å²) in [5.74, 6) is 1.38. The maximum Gasteiger partial charge on any atom is 0.252 e. The smallest absolute Gasteiger partial charge is 0.252 e. The highest BCUT2D eigenvalue weighted by molar-refractivity contribution is 14.0. The minimum atomic E-state index is -0.142. The molecule has 1 saturated heterocycles. The standard InChI is InChI=1S/C19H24ClN7O.HI/c1-21-19(25-10-9-24-18(28)14-4-2-7-22-12-14)26-15-6-11-27(13-15)17-16(20)5-3-8-23-17;/h2-5,7-8,12,15H,6,9-11,13H2,1H3,(H,24,28)(H2,21,25,26);1H. The van der Waals surface area contributed by atoms with E-state index in [1.54, 1.807) is 37.8 Å². The number of rotatable bonds is 6. The number of nitrogens with zero attached hydrogens (tertiary/aromatic N) is 4. The average molecular weight is 530 g/mol. The highest BCUT2D eigenvalue weighted by atomic mass is 127. The van der Waals surface area contributed by atoms with Gasteiger partial charge in [-0.3, -0.25) is 14.8 Å². The molecular formula is C19H25ClIN7O. The Bertz CT molecular complexity index is 821. The van der Waals surface area contributed by atoms with Crippen LogP contribution in [0.5, 0.6) is 0 Å². The minimum Gasteiger partial charge on any atom is -0.355 e. The number of guanidine groups is 1. The van der Waals surface area contributed by atoms with Gasteiger partial charge in [-0.2, -0.15) is 0 Å². The van der Waals surface area contributed by atoms with Crippen LogP contribution in [0.1, 0.15) is 16.8 Å². The zero-order valence-corrected chi connectivity index (χ0v) is 19.2. The molecule has 0 spiro atoms. The van der Waals surface area contributed by atoms with Crippen LogP contribution in [0.3, 0.4) is 0 Å². The first-order chi connectivity index (χ1) is 13.7. The lowest BCUT2D eigenvalue weighted by atomic mass is 10.3. The van der Waals surface area contributed by atoms with E-state index in [9.17, 15) is 4.79 Å². The number of carbonyl (C=O) groups excluding carboxylic acids is 1. The molecule has 0 radical (unpaired) electrons. The van der Waals surface area contributed by atoms with E-state index in [0.717, 1.165) is 25.3 Å². The van der Waals surface area contributed by atoms with Crippen LogP contribution in [0.2, 0.25) is 5.02 Å². The van der Waals surface area contributed by atoms with Crippen LogP contribution in [0.15, 0.2) is 47.8 Å². The van der Waals surface area contributed by atoms with Crippen LogP contribution < -0.4 is 20.9 Å². The van der Waals surface area contributed by atoms with Gasteiger partial charge < -0.3 is 20.9 Å². The molecular weight excluding hydrogens is 505 g/mol. The maximum absolute atomic E-state index is 12.0. The molecule has 1 aliphatic heterocycles. The Morgan fingerprint density at radius 3 is 2.79 bits per heavy atom. The van der Waals surface area contributed by atoms with Gasteiger partial charge >= 0.3 is 0 Å². The highest BCUT2D eigenvalue weighted by Gasteiger charge is 2.25. The maximum atomic E-state index is 12.0. The Kier molecular flexibility index (Phi) is 9.39. The number of pyridine rings is 2. The van der Waals surface area contributed by atoms with E-state index in [1.807, 2.05) is 12.1 Å². The monoisotopic (exact) mass is 529 g/mol. The number of aromatic nitrogens is 2. The highest BCUT2D eigenvalue weighted by Crippen LogP contribution is 2.25. The molecule has 8 nitrogen and oxygen atoms in total. The number of carbonyl (C=O) groups is 1. The van der Waals surface area contributed by atoms with Crippen molar-refractivity contribution in [3.05, 3.63) is 53.4 Å². The summed E-state index contributed by atoms with van der Waals surface area (Å²) in [4.78, 5) is 26.7. The van der Waals surface area contributed by atoms with Crippen molar-refractivity contribution in [1.29, 1.82) is 0 Å². The lowest BCUT2D eigenvalue weighted by molar-refractivity contribution is 0.0954. The lowest BCUT2D eigenvalue weighted by Crippen LogP contribution is -2.46. The van der Waals surface area contributed by atoms with Crippen LogP contribution in [0.4, 0.5) is 5.82 Å². The van der Waals surface area contributed by atoms with Gasteiger partial charge in [-0.25, -0.2) is 4.98 Å². The predicted octanol–water partition coefficient (Wildman–Crippen LogP) is 1.92. The second-order valence-electron chi connectivity index (χ2n) is 6.38. The van der Waals surface area contributed by atoms with E-state index in [2.05, 4.69) is 35.8 Å². The Labute approximate surface area is 192 Å². The lowest BCUT2D eigenvalue weighted by Gasteiger charge is -2.20. The Morgan fingerprint density at radius 2 is 2.07 bits per heavy atom. The van der Waals surface area contributed by atoms with Gasteiger partial charge in [0.2, 0.25) is 0 Å². The molecule has 3 N–H and O–H groups in total. The quantitative estimate of drug-likeness (QED) is 0.229. The third-order valence-electron chi connectivity index (χ3n) is 4.42. The summed E-state index contributed by atoms with van der Waals surface area (Å²) in [5, 5.41) is 10.1. The Hall–Kier alpha value is -2.14. The van der Waals surface area contributed by atoms with Gasteiger partial charge in [-0.1, -0.05) is 11.6 Å². The summed E-state index contributed by atoms with van der Waals surface area (Å²) in [5.41, 5.74) is 0.546. The van der Waals surface area contributed by atoms with Crippen LogP contribution in [0.25, 0.3) is 0 Å². The van der Waals surface area contributed by atoms with Gasteiger partial charge in [-0.15, -0.1) is 24.0 Å². The van der Waals surface area contributed by atoms with E-state index in [-0.39, 0.29) is 35.9 Å². The van der Waals surface area contributed by atoms with E-state index in [0.29, 0.717) is 29.6 Å². The Balaban J connectivity index is 0.00000300. The van der Waals surface area contributed by atoms with Crippen molar-refractivity contribution in [3.63, 3.8) is 0 Å². The van der Waals surface area contributed by atoms with Gasteiger partial charge in [0.05, 0.1) is 10.6 Å². The van der Waals surface area contributed by atoms with Crippen molar-refractivity contribution in [2.75, 3.05) is 38.1 Å². The molecule has 1 fully saturated rings. The summed E-state index contributed by atoms with van der Waals surface area (Å²) in [6.45, 7) is 2.73. The Morgan fingerprint density at radius 1 is 1.28 bits per heavy atom. The molecule has 1 amide bonds. The molecule has 0 bridgehead atoms. The number of halogens is 2. The predicted molar refractivity (Wildman–Crippen MR) is 126 cm³/mol. The molecule has 0 aromatic carbocycles. The molecule has 29 heavy (non-hydrogen) atoms. The van der Waals surface area contributed by atoms with E-state index in [1.165, 1.54) is 0 Å². The third kappa shape index (κ3) is 6.70. The topological polar surface area (TPSA) is 94.5 Å². The third-order valence-corrected chi connectivity index (χ3v) is 4.71. The fourth-order valence-electron chi connectivity index (χ4n) is 3.02. The molecule has 0 saturated carbocycles. The molecule has 10 heteroatoms. The van der Waals surface area contributed by atoms with Crippen molar-refractivity contribution >= 4 is 53.3 Å². The first kappa shape index (κ1) is 23.1. The summed E-state index contributed by atoms with van der Waals surface area (Å²) >= 11 is 6.24. The summed E-state index contributed by atoms with van der Waals surface area (Å²) in [7, 11) is 1.73. The summed E-state index contributed by atoms with van der Waals surface area (Å²) in [6, 6.07) is 7.40. The van der Waals surface area contributed by atoms with Crippen molar-refractivity contribution < 1.29 is 4.79 Å². The van der Waals surface area contributed by atoms with Crippen LogP contribution in [-0.4, -0.2) is 61.1 Å². The van der Waals surface area contributed by atoms with E-state index in [4.69, 9.17) is 11.6 Å². The van der Waals surface area contributed by atoms with E-state index >= 15 is 0 Å². The van der Waals surface area contributed by atoms with Crippen molar-refractivity contribution in [3.8, 4) is 0 Å². The molecule has 156 valence electrons. The van der Waals surface area contributed by atoms with Crippen LogP contribution >= 0.6 is 35.6 Å². The minimum absolute atomic E-state index is 0. The van der Waals surface area contributed by atoms with Crippen LogP contribution in [-0.2, 0) is 0 Å². The number of nitrogens with one attached hydrogen (secondary N) is 3. The first-order valence-corrected chi connectivity index (χ1v) is 9.56. The van der Waals surface area contributed by atoms with Gasteiger partial charge in [0.15, 0.2) is 5.96 Å². The van der Waals surface area contributed by atoms with Crippen molar-refractivity contribution in [1.82, 2.24) is 25.9 Å². The van der Waals surface area contributed by atoms with Gasteiger partial charge in [0.1, 0.15) is 5.82 Å². The van der Waals surface area contributed by atoms with Gasteiger partial charge in [-0.05, 0) is 30.7 Å². The number of hydrogen-bond donors (Lipinski definition) is 3. The number of amides is 1. The number of hydrogen-bond acceptors (Lipinski definition) is 5. The molecule has 2 aromatic rings.